The zero-order chi connectivity index (χ0) is 12.4. The maximum Gasteiger partial charge on any atom is 0.192 e. The van der Waals surface area contributed by atoms with Crippen LogP contribution in [-0.2, 0) is 0 Å². The average Bonchev–Trinajstić information content (AvgIpc) is 2.29. The molecule has 0 fully saturated rings. The minimum absolute atomic E-state index is 0.602. The number of anilines is 4. The van der Waals surface area contributed by atoms with Gasteiger partial charge in [0.15, 0.2) is 7.28 Å². The second-order valence-corrected chi connectivity index (χ2v) is 4.10. The first-order chi connectivity index (χ1) is 8.06. The van der Waals surface area contributed by atoms with Crippen molar-refractivity contribution in [1.82, 2.24) is 0 Å². The molecule has 0 saturated carbocycles. The van der Waals surface area contributed by atoms with Gasteiger partial charge in [-0.3, -0.25) is 0 Å². The van der Waals surface area contributed by atoms with Gasteiger partial charge in [-0.05, 0) is 24.3 Å². The van der Waals surface area contributed by atoms with Crippen molar-refractivity contribution in [3.63, 3.8) is 0 Å². The van der Waals surface area contributed by atoms with Crippen molar-refractivity contribution >= 4 is 41.0 Å². The van der Waals surface area contributed by atoms with Crippen LogP contribution in [-0.4, -0.2) is 7.28 Å². The molecular formula is C12H15BN4. The summed E-state index contributed by atoms with van der Waals surface area (Å²) < 4.78 is 0. The van der Waals surface area contributed by atoms with Gasteiger partial charge in [0.2, 0.25) is 0 Å². The molecule has 5 heteroatoms. The first-order valence-corrected chi connectivity index (χ1v) is 5.34. The van der Waals surface area contributed by atoms with Gasteiger partial charge >= 0.3 is 0 Å². The SMILES string of the molecule is Nc1ccc(Bc2ccc(N)c(N)c2)cc1N. The second kappa shape index (κ2) is 4.29. The van der Waals surface area contributed by atoms with Crippen molar-refractivity contribution in [3.05, 3.63) is 36.4 Å². The molecule has 0 unspecified atom stereocenters. The Morgan fingerprint density at radius 1 is 0.588 bits per heavy atom. The van der Waals surface area contributed by atoms with Crippen molar-refractivity contribution < 1.29 is 0 Å². The van der Waals surface area contributed by atoms with Gasteiger partial charge in [0.25, 0.3) is 0 Å². The van der Waals surface area contributed by atoms with E-state index in [-0.39, 0.29) is 0 Å². The lowest BCUT2D eigenvalue weighted by Gasteiger charge is -2.06. The molecule has 0 saturated heterocycles. The van der Waals surface area contributed by atoms with Crippen molar-refractivity contribution in [2.45, 2.75) is 0 Å². The smallest absolute Gasteiger partial charge is 0.192 e. The van der Waals surface area contributed by atoms with Crippen LogP contribution in [0.5, 0.6) is 0 Å². The highest BCUT2D eigenvalue weighted by Gasteiger charge is 2.03. The molecule has 4 nitrogen and oxygen atoms in total. The minimum Gasteiger partial charge on any atom is -0.397 e. The molecule has 0 amide bonds. The summed E-state index contributed by atoms with van der Waals surface area (Å²) >= 11 is 0. The van der Waals surface area contributed by atoms with Crippen LogP contribution in [0.2, 0.25) is 0 Å². The Morgan fingerprint density at radius 2 is 1.00 bits per heavy atom. The summed E-state index contributed by atoms with van der Waals surface area (Å²) in [6.07, 6.45) is 0. The van der Waals surface area contributed by atoms with Crippen LogP contribution >= 0.6 is 0 Å². The Morgan fingerprint density at radius 3 is 1.35 bits per heavy atom. The first kappa shape index (κ1) is 11.2. The molecule has 0 aliphatic rings. The number of benzene rings is 2. The van der Waals surface area contributed by atoms with E-state index in [1.54, 1.807) is 0 Å². The van der Waals surface area contributed by atoms with Crippen molar-refractivity contribution in [3.8, 4) is 0 Å². The molecule has 2 aromatic rings. The lowest BCUT2D eigenvalue weighted by atomic mass is 9.64. The molecule has 2 aromatic carbocycles. The van der Waals surface area contributed by atoms with Crippen molar-refractivity contribution in [2.24, 2.45) is 0 Å². The van der Waals surface area contributed by atoms with Crippen LogP contribution in [0.1, 0.15) is 0 Å². The summed E-state index contributed by atoms with van der Waals surface area (Å²) in [5.74, 6) is 0. The summed E-state index contributed by atoms with van der Waals surface area (Å²) in [5.41, 5.74) is 27.5. The van der Waals surface area contributed by atoms with E-state index < -0.39 is 0 Å². The highest BCUT2D eigenvalue weighted by molar-refractivity contribution is 6.67. The maximum atomic E-state index is 5.76. The van der Waals surface area contributed by atoms with Crippen LogP contribution in [0.4, 0.5) is 22.7 Å². The van der Waals surface area contributed by atoms with Gasteiger partial charge in [0.1, 0.15) is 0 Å². The minimum atomic E-state index is 0.602. The predicted molar refractivity (Wildman–Crippen MR) is 77.0 cm³/mol. The van der Waals surface area contributed by atoms with E-state index in [4.69, 9.17) is 22.9 Å². The normalized spacial score (nSPS) is 10.1. The number of rotatable bonds is 2. The molecule has 0 aliphatic carbocycles. The Bertz CT molecular complexity index is 505. The van der Waals surface area contributed by atoms with E-state index in [0.29, 0.717) is 22.7 Å². The average molecular weight is 226 g/mol. The number of hydrogen-bond donors (Lipinski definition) is 4. The summed E-state index contributed by atoms with van der Waals surface area (Å²) in [5, 5.41) is 0. The van der Waals surface area contributed by atoms with Crippen LogP contribution in [0, 0.1) is 0 Å². The molecule has 8 N–H and O–H groups in total. The zero-order valence-electron chi connectivity index (χ0n) is 9.48. The molecule has 0 aliphatic heterocycles. The lowest BCUT2D eigenvalue weighted by Crippen LogP contribution is -2.27. The molecule has 17 heavy (non-hydrogen) atoms. The Hall–Kier alpha value is -2.30. The van der Waals surface area contributed by atoms with Gasteiger partial charge in [-0.15, -0.1) is 0 Å². The molecule has 2 rings (SSSR count). The highest BCUT2D eigenvalue weighted by atomic mass is 14.7. The Kier molecular flexibility index (Phi) is 2.83. The molecule has 0 heterocycles. The molecule has 0 atom stereocenters. The van der Waals surface area contributed by atoms with Crippen LogP contribution in [0.3, 0.4) is 0 Å². The largest absolute Gasteiger partial charge is 0.397 e. The summed E-state index contributed by atoms with van der Waals surface area (Å²) in [6.45, 7) is 0. The first-order valence-electron chi connectivity index (χ1n) is 5.34. The molecule has 0 aromatic heterocycles. The van der Waals surface area contributed by atoms with Gasteiger partial charge < -0.3 is 22.9 Å². The monoisotopic (exact) mass is 226 g/mol. The summed E-state index contributed by atoms with van der Waals surface area (Å²) in [4.78, 5) is 0. The van der Waals surface area contributed by atoms with Crippen LogP contribution < -0.4 is 33.9 Å². The van der Waals surface area contributed by atoms with Crippen LogP contribution in [0.15, 0.2) is 36.4 Å². The summed E-state index contributed by atoms with van der Waals surface area (Å²) in [6, 6.07) is 11.3. The summed E-state index contributed by atoms with van der Waals surface area (Å²) in [7, 11) is 0.759. The second-order valence-electron chi connectivity index (χ2n) is 4.10. The lowest BCUT2D eigenvalue weighted by molar-refractivity contribution is 1.68. The van der Waals surface area contributed by atoms with Crippen molar-refractivity contribution in [1.29, 1.82) is 0 Å². The quantitative estimate of drug-likeness (QED) is 0.405. The van der Waals surface area contributed by atoms with Gasteiger partial charge in [-0.2, -0.15) is 0 Å². The molecule has 0 radical (unpaired) electrons. The van der Waals surface area contributed by atoms with E-state index in [1.807, 2.05) is 36.4 Å². The maximum absolute atomic E-state index is 5.76. The fourth-order valence-corrected chi connectivity index (χ4v) is 1.70. The van der Waals surface area contributed by atoms with E-state index in [0.717, 1.165) is 18.2 Å². The van der Waals surface area contributed by atoms with Gasteiger partial charge in [-0.1, -0.05) is 23.1 Å². The molecule has 0 spiro atoms. The fraction of sp³-hybridized carbons (Fsp3) is 0. The Labute approximate surface area is 101 Å². The van der Waals surface area contributed by atoms with Gasteiger partial charge in [-0.25, -0.2) is 0 Å². The highest BCUT2D eigenvalue weighted by Crippen LogP contribution is 2.11. The van der Waals surface area contributed by atoms with E-state index in [9.17, 15) is 0 Å². The number of nitrogen functional groups attached to an aromatic ring is 4. The van der Waals surface area contributed by atoms with Crippen LogP contribution in [0.25, 0.3) is 0 Å². The Balaban J connectivity index is 2.25. The third kappa shape index (κ3) is 2.45. The molecule has 86 valence electrons. The van der Waals surface area contributed by atoms with E-state index >= 15 is 0 Å². The third-order valence-corrected chi connectivity index (χ3v) is 2.71. The topological polar surface area (TPSA) is 104 Å². The molecule has 0 bridgehead atoms. The van der Waals surface area contributed by atoms with E-state index in [2.05, 4.69) is 0 Å². The number of hydrogen-bond acceptors (Lipinski definition) is 4. The van der Waals surface area contributed by atoms with Gasteiger partial charge in [0, 0.05) is 0 Å². The zero-order valence-corrected chi connectivity index (χ0v) is 9.48. The molecular weight excluding hydrogens is 211 g/mol. The van der Waals surface area contributed by atoms with Gasteiger partial charge in [0.05, 0.1) is 22.7 Å². The van der Waals surface area contributed by atoms with E-state index in [1.165, 1.54) is 0 Å². The fourth-order valence-electron chi connectivity index (χ4n) is 1.70. The standard InChI is InChI=1S/C12H15BN4/c14-9-3-1-7(5-11(9)16)13-8-2-4-10(15)12(17)6-8/h1-6,13H,14-17H2. The number of nitrogens with two attached hydrogens (primary N) is 4. The third-order valence-electron chi connectivity index (χ3n) is 2.71. The van der Waals surface area contributed by atoms with Crippen molar-refractivity contribution in [2.75, 3.05) is 22.9 Å². The predicted octanol–water partition coefficient (Wildman–Crippen LogP) is -0.597.